The third kappa shape index (κ3) is 4.67. The first kappa shape index (κ1) is 21.9. The Hall–Kier alpha value is -2.27. The van der Waals surface area contributed by atoms with E-state index in [4.69, 9.17) is 21.7 Å². The first-order valence-electron chi connectivity index (χ1n) is 10.1. The van der Waals surface area contributed by atoms with E-state index in [1.165, 1.54) is 16.2 Å². The number of aromatic nitrogens is 2. The Bertz CT molecular complexity index is 1110. The SMILES string of the molecule is COCCNc1nc2ccc(C)cn2c(=O)c1/C=C1\SC(=S)N(C[C@H]2CCCO2)C1=O. The summed E-state index contributed by atoms with van der Waals surface area (Å²) in [6.45, 7) is 4.00. The molecule has 31 heavy (non-hydrogen) atoms. The Kier molecular flexibility index (Phi) is 6.71. The molecule has 0 saturated carbocycles. The zero-order valence-electron chi connectivity index (χ0n) is 17.4. The first-order valence-corrected chi connectivity index (χ1v) is 11.3. The molecule has 2 fully saturated rings. The third-order valence-electron chi connectivity index (χ3n) is 5.16. The molecule has 2 aromatic heterocycles. The number of hydrogen-bond donors (Lipinski definition) is 1. The van der Waals surface area contributed by atoms with Crippen LogP contribution in [0.3, 0.4) is 0 Å². The van der Waals surface area contributed by atoms with E-state index in [-0.39, 0.29) is 17.6 Å². The van der Waals surface area contributed by atoms with Gasteiger partial charge in [0, 0.05) is 26.5 Å². The van der Waals surface area contributed by atoms with Crippen LogP contribution in [0.4, 0.5) is 5.82 Å². The number of nitrogens with zero attached hydrogens (tertiary/aromatic N) is 3. The predicted molar refractivity (Wildman–Crippen MR) is 125 cm³/mol. The molecule has 0 radical (unpaired) electrons. The molecule has 2 aliphatic heterocycles. The molecule has 1 amide bonds. The minimum atomic E-state index is -0.252. The van der Waals surface area contributed by atoms with Gasteiger partial charge in [-0.05, 0) is 37.5 Å². The van der Waals surface area contributed by atoms with E-state index in [9.17, 15) is 9.59 Å². The van der Waals surface area contributed by atoms with E-state index in [0.29, 0.717) is 52.6 Å². The van der Waals surface area contributed by atoms with Crippen molar-refractivity contribution in [3.8, 4) is 0 Å². The van der Waals surface area contributed by atoms with Gasteiger partial charge in [-0.15, -0.1) is 0 Å². The van der Waals surface area contributed by atoms with Crippen LogP contribution in [-0.2, 0) is 14.3 Å². The van der Waals surface area contributed by atoms with Crippen LogP contribution in [0.25, 0.3) is 11.7 Å². The molecule has 1 atom stereocenters. The number of aryl methyl sites for hydroxylation is 1. The van der Waals surface area contributed by atoms with Crippen molar-refractivity contribution >= 4 is 51.7 Å². The van der Waals surface area contributed by atoms with Crippen LogP contribution in [0, 0.1) is 6.92 Å². The second-order valence-electron chi connectivity index (χ2n) is 7.46. The molecular formula is C21H24N4O4S2. The molecule has 164 valence electrons. The summed E-state index contributed by atoms with van der Waals surface area (Å²) in [6.07, 6.45) is 5.24. The Morgan fingerprint density at radius 3 is 3.00 bits per heavy atom. The van der Waals surface area contributed by atoms with Crippen molar-refractivity contribution in [3.63, 3.8) is 0 Å². The number of carbonyl (C=O) groups excluding carboxylic acids is 1. The fourth-order valence-corrected chi connectivity index (χ4v) is 4.83. The summed E-state index contributed by atoms with van der Waals surface area (Å²) < 4.78 is 12.7. The van der Waals surface area contributed by atoms with Gasteiger partial charge in [0.05, 0.1) is 29.7 Å². The summed E-state index contributed by atoms with van der Waals surface area (Å²) in [7, 11) is 1.60. The molecule has 2 aliphatic rings. The average molecular weight is 461 g/mol. The van der Waals surface area contributed by atoms with Crippen molar-refractivity contribution in [2.45, 2.75) is 25.9 Å². The minimum Gasteiger partial charge on any atom is -0.383 e. The summed E-state index contributed by atoms with van der Waals surface area (Å²) in [5.41, 5.74) is 1.53. The summed E-state index contributed by atoms with van der Waals surface area (Å²) in [6, 6.07) is 3.69. The number of amides is 1. The van der Waals surface area contributed by atoms with Gasteiger partial charge >= 0.3 is 0 Å². The standard InChI is InChI=1S/C21H24N4O4S2/c1-13-5-6-17-23-18(22-7-9-28-2)15(19(26)24(17)11-13)10-16-20(27)25(21(30)31-16)12-14-4-3-8-29-14/h5-6,10-11,14,22H,3-4,7-9,12H2,1-2H3/b16-10-/t14-/m1/s1. The Labute approximate surface area is 189 Å². The number of thiocarbonyl (C=S) groups is 1. The van der Waals surface area contributed by atoms with Gasteiger partial charge in [0.2, 0.25) is 0 Å². The minimum absolute atomic E-state index is 0.00376. The summed E-state index contributed by atoms with van der Waals surface area (Å²) in [4.78, 5) is 32.9. The molecule has 0 unspecified atom stereocenters. The van der Waals surface area contributed by atoms with Crippen molar-refractivity contribution in [2.75, 3.05) is 38.7 Å². The molecule has 0 aliphatic carbocycles. The van der Waals surface area contributed by atoms with Crippen LogP contribution in [0.2, 0.25) is 0 Å². The first-order chi connectivity index (χ1) is 15.0. The predicted octanol–water partition coefficient (Wildman–Crippen LogP) is 2.44. The fraction of sp³-hybridized carbons (Fsp3) is 0.429. The second kappa shape index (κ2) is 9.47. The van der Waals surface area contributed by atoms with E-state index in [2.05, 4.69) is 10.3 Å². The number of ether oxygens (including phenoxy) is 2. The molecule has 4 rings (SSSR count). The summed E-state index contributed by atoms with van der Waals surface area (Å²) >= 11 is 6.63. The maximum Gasteiger partial charge on any atom is 0.267 e. The number of carbonyl (C=O) groups is 1. The molecule has 0 spiro atoms. The van der Waals surface area contributed by atoms with Gasteiger partial charge in [0.1, 0.15) is 15.8 Å². The van der Waals surface area contributed by atoms with E-state index < -0.39 is 0 Å². The zero-order valence-corrected chi connectivity index (χ0v) is 19.1. The molecule has 10 heteroatoms. The van der Waals surface area contributed by atoms with Crippen molar-refractivity contribution in [3.05, 3.63) is 44.7 Å². The van der Waals surface area contributed by atoms with Crippen LogP contribution in [0.15, 0.2) is 28.0 Å². The van der Waals surface area contributed by atoms with Gasteiger partial charge < -0.3 is 14.8 Å². The topological polar surface area (TPSA) is 85.2 Å². The lowest BCUT2D eigenvalue weighted by atomic mass is 10.2. The van der Waals surface area contributed by atoms with Gasteiger partial charge in [0.25, 0.3) is 11.5 Å². The van der Waals surface area contributed by atoms with Crippen LogP contribution in [-0.4, -0.2) is 64.0 Å². The maximum atomic E-state index is 13.3. The quantitative estimate of drug-likeness (QED) is 0.383. The number of hydrogen-bond acceptors (Lipinski definition) is 8. The molecule has 4 heterocycles. The Morgan fingerprint density at radius 1 is 1.42 bits per heavy atom. The van der Waals surface area contributed by atoms with Crippen LogP contribution in [0.5, 0.6) is 0 Å². The maximum absolute atomic E-state index is 13.3. The highest BCUT2D eigenvalue weighted by atomic mass is 32.2. The normalized spacial score (nSPS) is 20.4. The summed E-state index contributed by atoms with van der Waals surface area (Å²) in [5.74, 6) is 0.206. The van der Waals surface area contributed by atoms with Gasteiger partial charge in [-0.25, -0.2) is 4.98 Å². The molecule has 1 N–H and O–H groups in total. The number of methoxy groups -OCH3 is 1. The molecule has 2 saturated heterocycles. The van der Waals surface area contributed by atoms with Gasteiger partial charge in [-0.3, -0.25) is 18.9 Å². The monoisotopic (exact) mass is 460 g/mol. The molecule has 0 bridgehead atoms. The zero-order chi connectivity index (χ0) is 22.0. The summed E-state index contributed by atoms with van der Waals surface area (Å²) in [5, 5.41) is 3.15. The molecular weight excluding hydrogens is 436 g/mol. The highest BCUT2D eigenvalue weighted by Crippen LogP contribution is 2.34. The van der Waals surface area contributed by atoms with Crippen molar-refractivity contribution in [1.29, 1.82) is 0 Å². The number of nitrogens with one attached hydrogen (secondary N) is 1. The van der Waals surface area contributed by atoms with Gasteiger partial charge in [-0.2, -0.15) is 0 Å². The van der Waals surface area contributed by atoms with E-state index >= 15 is 0 Å². The Morgan fingerprint density at radius 2 is 2.26 bits per heavy atom. The lowest BCUT2D eigenvalue weighted by molar-refractivity contribution is -0.123. The highest BCUT2D eigenvalue weighted by molar-refractivity contribution is 8.26. The number of pyridine rings is 1. The van der Waals surface area contributed by atoms with Crippen molar-refractivity contribution in [2.24, 2.45) is 0 Å². The lowest BCUT2D eigenvalue weighted by Gasteiger charge is -2.18. The molecule has 0 aromatic carbocycles. The van der Waals surface area contributed by atoms with E-state index in [1.807, 2.05) is 13.0 Å². The van der Waals surface area contributed by atoms with Gasteiger partial charge in [-0.1, -0.05) is 30.0 Å². The number of fused-ring (bicyclic) bond motifs is 1. The molecule has 8 nitrogen and oxygen atoms in total. The van der Waals surface area contributed by atoms with Crippen LogP contribution < -0.4 is 10.9 Å². The largest absolute Gasteiger partial charge is 0.383 e. The van der Waals surface area contributed by atoms with E-state index in [0.717, 1.165) is 18.4 Å². The number of rotatable bonds is 7. The molecule has 2 aromatic rings. The number of thioether (sulfide) groups is 1. The van der Waals surface area contributed by atoms with Crippen LogP contribution in [0.1, 0.15) is 24.0 Å². The average Bonchev–Trinajstić information content (AvgIpc) is 3.35. The highest BCUT2D eigenvalue weighted by Gasteiger charge is 2.35. The fourth-order valence-electron chi connectivity index (χ4n) is 3.58. The lowest BCUT2D eigenvalue weighted by Crippen LogP contribution is -2.35. The second-order valence-corrected chi connectivity index (χ2v) is 9.14. The van der Waals surface area contributed by atoms with Crippen LogP contribution >= 0.6 is 24.0 Å². The Balaban J connectivity index is 1.71. The number of anilines is 1. The van der Waals surface area contributed by atoms with Crippen molar-refractivity contribution < 1.29 is 14.3 Å². The third-order valence-corrected chi connectivity index (χ3v) is 6.54. The van der Waals surface area contributed by atoms with E-state index in [1.54, 1.807) is 30.3 Å². The smallest absolute Gasteiger partial charge is 0.267 e. The van der Waals surface area contributed by atoms with Gasteiger partial charge in [0.15, 0.2) is 0 Å². The van der Waals surface area contributed by atoms with Crippen molar-refractivity contribution in [1.82, 2.24) is 14.3 Å².